The number of thioether (sulfide) groups is 1. The number of non-ortho nitro benzene ring substituents is 1. The zero-order valence-electron chi connectivity index (χ0n) is 9.26. The minimum absolute atomic E-state index is 0.120. The summed E-state index contributed by atoms with van der Waals surface area (Å²) in [5, 5.41) is 16.7. The average Bonchev–Trinajstić information content (AvgIpc) is 2.27. The number of carboxylic acid groups (broad SMARTS) is 1. The van der Waals surface area contributed by atoms with Crippen LogP contribution in [0.4, 0.5) is 18.9 Å². The summed E-state index contributed by atoms with van der Waals surface area (Å²) in [4.78, 5) is 20.2. The van der Waals surface area contributed by atoms with Gasteiger partial charge in [-0.15, -0.1) is 11.8 Å². The molecule has 1 atom stereocenters. The maximum atomic E-state index is 12.6. The van der Waals surface area contributed by atoms with E-state index < -0.39 is 28.7 Å². The molecule has 0 spiro atoms. The van der Waals surface area contributed by atoms with Crippen LogP contribution < -0.4 is 0 Å². The quantitative estimate of drug-likeness (QED) is 0.513. The molecule has 1 rings (SSSR count). The lowest BCUT2D eigenvalue weighted by atomic mass is 10.3. The molecule has 104 valence electrons. The van der Waals surface area contributed by atoms with Crippen molar-refractivity contribution < 1.29 is 28.0 Å². The number of rotatable bonds is 5. The van der Waals surface area contributed by atoms with E-state index in [0.717, 1.165) is 24.3 Å². The predicted octanol–water partition coefficient (Wildman–Crippen LogP) is 3.09. The number of hydrogen-bond acceptors (Lipinski definition) is 4. The summed E-state index contributed by atoms with van der Waals surface area (Å²) in [5.74, 6) is -1.56. The molecule has 0 heterocycles. The zero-order chi connectivity index (χ0) is 14.6. The molecule has 0 fully saturated rings. The monoisotopic (exact) mass is 295 g/mol. The molecule has 0 bridgehead atoms. The Bertz CT molecular complexity index is 475. The highest BCUT2D eigenvalue weighted by Crippen LogP contribution is 2.37. The van der Waals surface area contributed by atoms with Crippen LogP contribution in [0, 0.1) is 10.1 Å². The summed E-state index contributed by atoms with van der Waals surface area (Å²) < 4.78 is 37.7. The first kappa shape index (κ1) is 15.3. The number of alkyl halides is 3. The number of hydrogen-bond donors (Lipinski definition) is 1. The Balaban J connectivity index is 2.84. The first-order valence-corrected chi connectivity index (χ1v) is 5.77. The van der Waals surface area contributed by atoms with Gasteiger partial charge < -0.3 is 5.11 Å². The fourth-order valence-corrected chi connectivity index (χ4v) is 2.17. The molecule has 0 aromatic heterocycles. The number of benzene rings is 1. The summed E-state index contributed by atoms with van der Waals surface area (Å²) >= 11 is 0.316. The smallest absolute Gasteiger partial charge is 0.401 e. The Kier molecular flexibility index (Phi) is 4.76. The summed E-state index contributed by atoms with van der Waals surface area (Å²) in [6.45, 7) is 0. The van der Waals surface area contributed by atoms with E-state index in [-0.39, 0.29) is 10.6 Å². The predicted molar refractivity (Wildman–Crippen MR) is 61.0 cm³/mol. The molecule has 19 heavy (non-hydrogen) atoms. The standard InChI is InChI=1S/C10H8F3NO4S/c11-10(12,13)8(5-9(15)16)19-7-3-1-6(2-4-7)14(17)18/h1-4,8H,5H2,(H,15,16). The summed E-state index contributed by atoms with van der Waals surface area (Å²) in [7, 11) is 0. The Hall–Kier alpha value is -1.77. The molecule has 1 N–H and O–H groups in total. The molecule has 0 saturated carbocycles. The van der Waals surface area contributed by atoms with Crippen LogP contribution in [-0.4, -0.2) is 27.4 Å². The van der Waals surface area contributed by atoms with Crippen LogP contribution in [0.2, 0.25) is 0 Å². The highest BCUT2D eigenvalue weighted by atomic mass is 32.2. The molecule has 9 heteroatoms. The van der Waals surface area contributed by atoms with Crippen LogP contribution in [0.5, 0.6) is 0 Å². The van der Waals surface area contributed by atoms with Gasteiger partial charge in [-0.2, -0.15) is 13.2 Å². The van der Waals surface area contributed by atoms with E-state index in [1.54, 1.807) is 0 Å². The van der Waals surface area contributed by atoms with Gasteiger partial charge in [0.15, 0.2) is 0 Å². The normalized spacial score (nSPS) is 13.0. The van der Waals surface area contributed by atoms with Crippen molar-refractivity contribution in [3.8, 4) is 0 Å². The van der Waals surface area contributed by atoms with E-state index in [9.17, 15) is 28.1 Å². The number of nitrogens with zero attached hydrogens (tertiary/aromatic N) is 1. The van der Waals surface area contributed by atoms with Gasteiger partial charge in [-0.25, -0.2) is 0 Å². The third-order valence-corrected chi connectivity index (χ3v) is 3.31. The first-order chi connectivity index (χ1) is 8.70. The minimum Gasteiger partial charge on any atom is -0.481 e. The summed E-state index contributed by atoms with van der Waals surface area (Å²) in [6.07, 6.45) is -5.73. The first-order valence-electron chi connectivity index (χ1n) is 4.90. The molecule has 0 saturated heterocycles. The van der Waals surface area contributed by atoms with Gasteiger partial charge in [0, 0.05) is 17.0 Å². The Morgan fingerprint density at radius 3 is 2.26 bits per heavy atom. The van der Waals surface area contributed by atoms with Crippen LogP contribution >= 0.6 is 11.8 Å². The molecule has 1 unspecified atom stereocenters. The second-order valence-electron chi connectivity index (χ2n) is 3.50. The number of aliphatic carboxylic acids is 1. The van der Waals surface area contributed by atoms with E-state index in [1.165, 1.54) is 0 Å². The van der Waals surface area contributed by atoms with Crippen LogP contribution in [0.3, 0.4) is 0 Å². The minimum atomic E-state index is -4.66. The summed E-state index contributed by atoms with van der Waals surface area (Å²) in [5.41, 5.74) is -0.244. The second kappa shape index (κ2) is 5.91. The molecule has 1 aromatic rings. The lowest BCUT2D eigenvalue weighted by molar-refractivity contribution is -0.384. The highest BCUT2D eigenvalue weighted by molar-refractivity contribution is 8.00. The van der Waals surface area contributed by atoms with Crippen LogP contribution in [-0.2, 0) is 4.79 Å². The van der Waals surface area contributed by atoms with Gasteiger partial charge in [0.05, 0.1) is 11.3 Å². The van der Waals surface area contributed by atoms with Crippen molar-refractivity contribution in [3.05, 3.63) is 34.4 Å². The lowest BCUT2D eigenvalue weighted by Crippen LogP contribution is -2.28. The van der Waals surface area contributed by atoms with Gasteiger partial charge >= 0.3 is 12.1 Å². The van der Waals surface area contributed by atoms with Gasteiger partial charge in [-0.05, 0) is 12.1 Å². The average molecular weight is 295 g/mol. The van der Waals surface area contributed by atoms with Crippen molar-refractivity contribution >= 4 is 23.4 Å². The molecule has 0 radical (unpaired) electrons. The largest absolute Gasteiger partial charge is 0.481 e. The maximum Gasteiger partial charge on any atom is 0.401 e. The van der Waals surface area contributed by atoms with E-state index in [2.05, 4.69) is 0 Å². The molecule has 5 nitrogen and oxygen atoms in total. The van der Waals surface area contributed by atoms with Crippen LogP contribution in [0.15, 0.2) is 29.2 Å². The Morgan fingerprint density at radius 1 is 1.37 bits per heavy atom. The molecular formula is C10H8F3NO4S. The molecular weight excluding hydrogens is 287 g/mol. The SMILES string of the molecule is O=C(O)CC(Sc1ccc([N+](=O)[O-])cc1)C(F)(F)F. The third-order valence-electron chi connectivity index (χ3n) is 2.05. The van der Waals surface area contributed by atoms with E-state index >= 15 is 0 Å². The van der Waals surface area contributed by atoms with Crippen LogP contribution in [0.1, 0.15) is 6.42 Å². The van der Waals surface area contributed by atoms with Gasteiger partial charge in [-0.3, -0.25) is 14.9 Å². The van der Waals surface area contributed by atoms with E-state index in [0.29, 0.717) is 11.8 Å². The van der Waals surface area contributed by atoms with Gasteiger partial charge in [0.25, 0.3) is 5.69 Å². The highest BCUT2D eigenvalue weighted by Gasteiger charge is 2.41. The fourth-order valence-electron chi connectivity index (χ4n) is 1.19. The third kappa shape index (κ3) is 4.78. The number of carboxylic acids is 1. The lowest BCUT2D eigenvalue weighted by Gasteiger charge is -2.17. The zero-order valence-corrected chi connectivity index (χ0v) is 10.1. The molecule has 1 aromatic carbocycles. The van der Waals surface area contributed by atoms with Crippen molar-refractivity contribution in [3.63, 3.8) is 0 Å². The Labute approximate surface area is 109 Å². The van der Waals surface area contributed by atoms with Gasteiger partial charge in [0.2, 0.25) is 0 Å². The molecule has 0 aliphatic heterocycles. The maximum absolute atomic E-state index is 12.6. The number of halogens is 3. The van der Waals surface area contributed by atoms with Crippen molar-refractivity contribution in [1.82, 2.24) is 0 Å². The molecule has 0 aliphatic rings. The van der Waals surface area contributed by atoms with Crippen molar-refractivity contribution in [2.75, 3.05) is 0 Å². The van der Waals surface area contributed by atoms with Crippen molar-refractivity contribution in [2.24, 2.45) is 0 Å². The molecule has 0 amide bonds. The summed E-state index contributed by atoms with van der Waals surface area (Å²) in [6, 6.07) is 4.44. The van der Waals surface area contributed by atoms with Crippen molar-refractivity contribution in [2.45, 2.75) is 22.7 Å². The fraction of sp³-hybridized carbons (Fsp3) is 0.300. The van der Waals surface area contributed by atoms with Gasteiger partial charge in [-0.1, -0.05) is 0 Å². The van der Waals surface area contributed by atoms with E-state index in [1.807, 2.05) is 0 Å². The van der Waals surface area contributed by atoms with Crippen LogP contribution in [0.25, 0.3) is 0 Å². The Morgan fingerprint density at radius 2 is 1.89 bits per heavy atom. The number of nitro benzene ring substituents is 1. The topological polar surface area (TPSA) is 80.4 Å². The second-order valence-corrected chi connectivity index (χ2v) is 4.77. The molecule has 0 aliphatic carbocycles. The van der Waals surface area contributed by atoms with E-state index in [4.69, 9.17) is 5.11 Å². The number of carbonyl (C=O) groups is 1. The van der Waals surface area contributed by atoms with Gasteiger partial charge in [0.1, 0.15) is 5.25 Å². The van der Waals surface area contributed by atoms with Crippen molar-refractivity contribution in [1.29, 1.82) is 0 Å². The number of nitro groups is 1.